The van der Waals surface area contributed by atoms with Gasteiger partial charge in [0, 0.05) is 45.8 Å². The van der Waals surface area contributed by atoms with Gasteiger partial charge in [-0.25, -0.2) is 9.37 Å². The van der Waals surface area contributed by atoms with Crippen molar-refractivity contribution in [2.45, 2.75) is 31.8 Å². The zero-order valence-electron chi connectivity index (χ0n) is 17.2. The van der Waals surface area contributed by atoms with E-state index in [9.17, 15) is 12.8 Å². The molecule has 1 aromatic heterocycles. The van der Waals surface area contributed by atoms with Gasteiger partial charge in [-0.1, -0.05) is 19.1 Å². The molecule has 158 valence electrons. The minimum Gasteiger partial charge on any atom is -0.325 e. The Morgan fingerprint density at radius 3 is 2.52 bits per heavy atom. The Morgan fingerprint density at radius 1 is 1.17 bits per heavy atom. The second kappa shape index (κ2) is 7.46. The minimum absolute atomic E-state index is 0.263. The highest BCUT2D eigenvalue weighted by molar-refractivity contribution is 7.86. The van der Waals surface area contributed by atoms with E-state index in [2.05, 4.69) is 16.4 Å². The molecule has 1 spiro atoms. The fourth-order valence-electron chi connectivity index (χ4n) is 4.75. The molecule has 1 aromatic carbocycles. The van der Waals surface area contributed by atoms with Crippen LogP contribution in [0.1, 0.15) is 25.6 Å². The monoisotopic (exact) mass is 421 g/mol. The molecule has 1 saturated heterocycles. The normalized spacial score (nSPS) is 20.3. The number of imidazole rings is 1. The lowest BCUT2D eigenvalue weighted by atomic mass is 9.84. The molecule has 2 aromatic rings. The first-order valence-corrected chi connectivity index (χ1v) is 11.4. The van der Waals surface area contributed by atoms with Crippen LogP contribution < -0.4 is 0 Å². The van der Waals surface area contributed by atoms with Crippen molar-refractivity contribution in [2.24, 2.45) is 0 Å². The van der Waals surface area contributed by atoms with E-state index in [1.54, 1.807) is 24.5 Å². The van der Waals surface area contributed by atoms with Crippen LogP contribution in [0.5, 0.6) is 0 Å². The van der Waals surface area contributed by atoms with Gasteiger partial charge < -0.3 is 4.57 Å². The van der Waals surface area contributed by atoms with Crippen molar-refractivity contribution in [1.29, 1.82) is 0 Å². The van der Waals surface area contributed by atoms with Gasteiger partial charge in [0.2, 0.25) is 0 Å². The summed E-state index contributed by atoms with van der Waals surface area (Å²) in [6, 6.07) is 6.60. The third kappa shape index (κ3) is 3.30. The average Bonchev–Trinajstić information content (AvgIpc) is 3.14. The number of benzene rings is 1. The molecule has 0 radical (unpaired) electrons. The molecule has 0 atom stereocenters. The lowest BCUT2D eigenvalue weighted by molar-refractivity contribution is 0.00933. The summed E-state index contributed by atoms with van der Waals surface area (Å²) in [5, 5.41) is 0. The molecular formula is C20H28FN5O2S. The standard InChI is InChI=1S/C20H28FN5O2S/c1-4-24-12-13-26-18(16-6-5-7-17(21)14-16)15-22-19(26)20(24)8-10-25(11-9-20)29(27,28)23(2)3/h5-7,14-15H,4,8-13H2,1-3H3. The van der Waals surface area contributed by atoms with E-state index >= 15 is 0 Å². The van der Waals surface area contributed by atoms with Gasteiger partial charge >= 0.3 is 0 Å². The Kier molecular flexibility index (Phi) is 5.27. The topological polar surface area (TPSA) is 61.7 Å². The Labute approximate surface area is 171 Å². The number of halogens is 1. The fraction of sp³-hybridized carbons (Fsp3) is 0.550. The lowest BCUT2D eigenvalue weighted by Crippen LogP contribution is -2.59. The van der Waals surface area contributed by atoms with Crippen LogP contribution in [0.2, 0.25) is 0 Å². The number of hydrogen-bond donors (Lipinski definition) is 0. The number of fused-ring (bicyclic) bond motifs is 2. The van der Waals surface area contributed by atoms with E-state index in [0.717, 1.165) is 36.7 Å². The lowest BCUT2D eigenvalue weighted by Gasteiger charge is -2.50. The number of rotatable bonds is 4. The van der Waals surface area contributed by atoms with E-state index in [1.807, 2.05) is 12.3 Å². The minimum atomic E-state index is -3.42. The molecule has 3 heterocycles. The molecule has 7 nitrogen and oxygen atoms in total. The van der Waals surface area contributed by atoms with Crippen molar-refractivity contribution < 1.29 is 12.8 Å². The highest BCUT2D eigenvalue weighted by atomic mass is 32.2. The zero-order chi connectivity index (χ0) is 20.8. The molecule has 0 saturated carbocycles. The van der Waals surface area contributed by atoms with Crippen molar-refractivity contribution in [3.8, 4) is 11.3 Å². The van der Waals surface area contributed by atoms with Crippen LogP contribution in [0.15, 0.2) is 30.5 Å². The van der Waals surface area contributed by atoms with Gasteiger partial charge in [-0.2, -0.15) is 17.0 Å². The van der Waals surface area contributed by atoms with Crippen LogP contribution in [-0.2, 0) is 22.3 Å². The van der Waals surface area contributed by atoms with Crippen LogP contribution in [0.3, 0.4) is 0 Å². The zero-order valence-corrected chi connectivity index (χ0v) is 18.0. The van der Waals surface area contributed by atoms with E-state index in [1.165, 1.54) is 16.4 Å². The summed E-state index contributed by atoms with van der Waals surface area (Å²) < 4.78 is 43.9. The predicted molar refractivity (Wildman–Crippen MR) is 110 cm³/mol. The quantitative estimate of drug-likeness (QED) is 0.759. The maximum absolute atomic E-state index is 13.8. The Hall–Kier alpha value is -1.81. The first-order chi connectivity index (χ1) is 13.8. The van der Waals surface area contributed by atoms with Crippen LogP contribution in [0.25, 0.3) is 11.3 Å². The van der Waals surface area contributed by atoms with Gasteiger partial charge in [-0.15, -0.1) is 0 Å². The van der Waals surface area contributed by atoms with Gasteiger partial charge in [0.05, 0.1) is 17.4 Å². The molecular weight excluding hydrogens is 393 g/mol. The molecule has 0 aliphatic carbocycles. The largest absolute Gasteiger partial charge is 0.325 e. The Balaban J connectivity index is 1.70. The Morgan fingerprint density at radius 2 is 1.90 bits per heavy atom. The summed E-state index contributed by atoms with van der Waals surface area (Å²) in [5.41, 5.74) is 1.44. The smallest absolute Gasteiger partial charge is 0.281 e. The third-order valence-electron chi connectivity index (χ3n) is 6.31. The van der Waals surface area contributed by atoms with Gasteiger partial charge in [0.25, 0.3) is 10.2 Å². The average molecular weight is 422 g/mol. The molecule has 0 amide bonds. The number of piperidine rings is 1. The van der Waals surface area contributed by atoms with Crippen LogP contribution in [-0.4, -0.2) is 71.8 Å². The van der Waals surface area contributed by atoms with Crippen LogP contribution in [0, 0.1) is 5.82 Å². The molecule has 1 fully saturated rings. The SMILES string of the molecule is CCN1CCn2c(-c3cccc(F)c3)cnc2C12CCN(S(=O)(=O)N(C)C)CC2. The summed E-state index contributed by atoms with van der Waals surface area (Å²) in [6.45, 7) is 5.58. The van der Waals surface area contributed by atoms with Crippen molar-refractivity contribution >= 4 is 10.2 Å². The molecule has 2 aliphatic heterocycles. The number of nitrogens with zero attached hydrogens (tertiary/aromatic N) is 5. The van der Waals surface area contributed by atoms with Gasteiger partial charge in [-0.05, 0) is 31.5 Å². The third-order valence-corrected chi connectivity index (χ3v) is 8.25. The van der Waals surface area contributed by atoms with Crippen molar-refractivity contribution in [2.75, 3.05) is 40.3 Å². The maximum Gasteiger partial charge on any atom is 0.281 e. The highest BCUT2D eigenvalue weighted by Gasteiger charge is 2.48. The number of aromatic nitrogens is 2. The molecule has 0 bridgehead atoms. The molecule has 9 heteroatoms. The van der Waals surface area contributed by atoms with Gasteiger partial charge in [0.1, 0.15) is 11.6 Å². The number of hydrogen-bond acceptors (Lipinski definition) is 4. The summed E-state index contributed by atoms with van der Waals surface area (Å²) >= 11 is 0. The second-order valence-corrected chi connectivity index (χ2v) is 10.1. The maximum atomic E-state index is 13.8. The second-order valence-electron chi connectivity index (χ2n) is 7.93. The first kappa shape index (κ1) is 20.5. The molecule has 2 aliphatic rings. The van der Waals surface area contributed by atoms with E-state index in [4.69, 9.17) is 4.98 Å². The van der Waals surface area contributed by atoms with Crippen LogP contribution >= 0.6 is 0 Å². The molecule has 0 N–H and O–H groups in total. The van der Waals surface area contributed by atoms with Crippen molar-refractivity contribution in [3.05, 3.63) is 42.1 Å². The van der Waals surface area contributed by atoms with Gasteiger partial charge in [0.15, 0.2) is 0 Å². The summed E-state index contributed by atoms with van der Waals surface area (Å²) in [4.78, 5) is 7.20. The fourth-order valence-corrected chi connectivity index (χ4v) is 5.85. The molecule has 4 rings (SSSR count). The highest BCUT2D eigenvalue weighted by Crippen LogP contribution is 2.42. The predicted octanol–water partition coefficient (Wildman–Crippen LogP) is 2.12. The van der Waals surface area contributed by atoms with Crippen molar-refractivity contribution in [1.82, 2.24) is 23.1 Å². The van der Waals surface area contributed by atoms with Crippen molar-refractivity contribution in [3.63, 3.8) is 0 Å². The summed E-state index contributed by atoms with van der Waals surface area (Å²) in [5.74, 6) is 0.702. The molecule has 0 unspecified atom stereocenters. The first-order valence-electron chi connectivity index (χ1n) is 10.0. The van der Waals surface area contributed by atoms with E-state index in [-0.39, 0.29) is 11.4 Å². The molecule has 29 heavy (non-hydrogen) atoms. The number of likely N-dealkylation sites (N-methyl/N-ethyl adjacent to an activating group) is 1. The Bertz CT molecular complexity index is 996. The van der Waals surface area contributed by atoms with E-state index < -0.39 is 10.2 Å². The summed E-state index contributed by atoms with van der Waals surface area (Å²) in [6.07, 6.45) is 3.20. The summed E-state index contributed by atoms with van der Waals surface area (Å²) in [7, 11) is -0.288. The van der Waals surface area contributed by atoms with Gasteiger partial charge in [-0.3, -0.25) is 4.90 Å². The van der Waals surface area contributed by atoms with E-state index in [0.29, 0.717) is 25.9 Å². The van der Waals surface area contributed by atoms with Crippen LogP contribution in [0.4, 0.5) is 4.39 Å².